The van der Waals surface area contributed by atoms with E-state index < -0.39 is 24.0 Å². The number of methoxy groups -OCH3 is 1. The molecule has 1 N–H and O–H groups in total. The normalized spacial score (nSPS) is 14.3. The van der Waals surface area contributed by atoms with Gasteiger partial charge in [-0.05, 0) is 49.2 Å². The number of hydrogen-bond donors (Lipinski definition) is 1. The Morgan fingerprint density at radius 3 is 2.21 bits per heavy atom. The number of aliphatic hydroxyl groups is 1. The average Bonchev–Trinajstić information content (AvgIpc) is 2.44. The maximum Gasteiger partial charge on any atom is 0.421 e. The Morgan fingerprint density at radius 1 is 1.00 bits per heavy atom. The Bertz CT molecular complexity index is 720. The minimum Gasteiger partial charge on any atom is -0.496 e. The van der Waals surface area contributed by atoms with E-state index in [0.717, 1.165) is 6.07 Å². The zero-order valence-corrected chi connectivity index (χ0v) is 13.5. The SMILES string of the molecule is COc1ccc(C)cc1C(O)(Cc1cc(C)cc(F)c1)C(F)(F)F. The third-order valence-corrected chi connectivity index (χ3v) is 3.83. The molecule has 0 spiro atoms. The summed E-state index contributed by atoms with van der Waals surface area (Å²) >= 11 is 0. The molecule has 0 heterocycles. The highest BCUT2D eigenvalue weighted by molar-refractivity contribution is 5.43. The molecule has 6 heteroatoms. The lowest BCUT2D eigenvalue weighted by atomic mass is 9.85. The van der Waals surface area contributed by atoms with Crippen LogP contribution in [0.4, 0.5) is 17.6 Å². The Labute approximate surface area is 137 Å². The smallest absolute Gasteiger partial charge is 0.421 e. The quantitative estimate of drug-likeness (QED) is 0.832. The lowest BCUT2D eigenvalue weighted by molar-refractivity contribution is -0.266. The van der Waals surface area contributed by atoms with Crippen molar-refractivity contribution < 1.29 is 27.4 Å². The van der Waals surface area contributed by atoms with Gasteiger partial charge in [0.2, 0.25) is 0 Å². The number of rotatable bonds is 4. The predicted molar refractivity (Wildman–Crippen MR) is 82.5 cm³/mol. The largest absolute Gasteiger partial charge is 0.496 e. The van der Waals surface area contributed by atoms with Gasteiger partial charge in [0.25, 0.3) is 0 Å². The molecule has 2 aromatic rings. The van der Waals surface area contributed by atoms with Gasteiger partial charge in [0.05, 0.1) is 7.11 Å². The number of ether oxygens (including phenoxy) is 1. The van der Waals surface area contributed by atoms with Crippen LogP contribution in [-0.4, -0.2) is 18.4 Å². The second kappa shape index (κ2) is 6.43. The summed E-state index contributed by atoms with van der Waals surface area (Å²) in [6.45, 7) is 3.19. The van der Waals surface area contributed by atoms with Crippen LogP contribution < -0.4 is 4.74 Å². The van der Waals surface area contributed by atoms with Crippen LogP contribution in [-0.2, 0) is 12.0 Å². The second-order valence-corrected chi connectivity index (χ2v) is 5.88. The fourth-order valence-electron chi connectivity index (χ4n) is 2.70. The van der Waals surface area contributed by atoms with Crippen molar-refractivity contribution in [3.63, 3.8) is 0 Å². The molecule has 2 nitrogen and oxygen atoms in total. The van der Waals surface area contributed by atoms with Crippen molar-refractivity contribution in [2.75, 3.05) is 7.11 Å². The summed E-state index contributed by atoms with van der Waals surface area (Å²) < 4.78 is 59.7. The van der Waals surface area contributed by atoms with Gasteiger partial charge in [0.1, 0.15) is 11.6 Å². The Kier molecular flexibility index (Phi) is 4.90. The molecule has 0 bridgehead atoms. The number of aryl methyl sites for hydroxylation is 2. The van der Waals surface area contributed by atoms with E-state index in [1.807, 2.05) is 0 Å². The number of halogens is 4. The molecule has 0 aromatic heterocycles. The van der Waals surface area contributed by atoms with Crippen LogP contribution in [0.1, 0.15) is 22.3 Å². The monoisotopic (exact) mass is 342 g/mol. The lowest BCUT2D eigenvalue weighted by Gasteiger charge is -2.32. The molecule has 2 aromatic carbocycles. The molecule has 0 aliphatic heterocycles. The van der Waals surface area contributed by atoms with Crippen molar-refractivity contribution in [3.05, 3.63) is 64.5 Å². The minimum atomic E-state index is -4.96. The number of benzene rings is 2. The highest BCUT2D eigenvalue weighted by atomic mass is 19.4. The second-order valence-electron chi connectivity index (χ2n) is 5.88. The first kappa shape index (κ1) is 18.3. The maximum absolute atomic E-state index is 13.7. The van der Waals surface area contributed by atoms with Crippen LogP contribution in [0.5, 0.6) is 5.75 Å². The molecule has 1 unspecified atom stereocenters. The molecule has 1 atom stereocenters. The fraction of sp³-hybridized carbons (Fsp3) is 0.333. The molecule has 0 aliphatic rings. The molecular formula is C18H18F4O2. The summed E-state index contributed by atoms with van der Waals surface area (Å²) in [6, 6.07) is 7.82. The van der Waals surface area contributed by atoms with Gasteiger partial charge in [-0.2, -0.15) is 13.2 Å². The van der Waals surface area contributed by atoms with E-state index in [4.69, 9.17) is 4.74 Å². The minimum absolute atomic E-state index is 0.0517. The van der Waals surface area contributed by atoms with Gasteiger partial charge >= 0.3 is 6.18 Å². The van der Waals surface area contributed by atoms with E-state index in [2.05, 4.69) is 0 Å². The highest BCUT2D eigenvalue weighted by Crippen LogP contribution is 2.45. The van der Waals surface area contributed by atoms with Crippen LogP contribution in [0.15, 0.2) is 36.4 Å². The third-order valence-electron chi connectivity index (χ3n) is 3.83. The molecule has 24 heavy (non-hydrogen) atoms. The molecule has 0 fully saturated rings. The summed E-state index contributed by atoms with van der Waals surface area (Å²) in [5.41, 5.74) is -2.50. The third kappa shape index (κ3) is 3.53. The molecule has 0 radical (unpaired) electrons. The van der Waals surface area contributed by atoms with E-state index in [1.54, 1.807) is 19.9 Å². The van der Waals surface area contributed by atoms with Gasteiger partial charge in [0.15, 0.2) is 5.60 Å². The number of hydrogen-bond acceptors (Lipinski definition) is 2. The standard InChI is InChI=1S/C18H18F4O2/c1-11-4-5-16(24-3)15(8-11)17(23,18(20,21)22)10-13-6-12(2)7-14(19)9-13/h4-9,23H,10H2,1-3H3. The highest BCUT2D eigenvalue weighted by Gasteiger charge is 2.56. The van der Waals surface area contributed by atoms with Crippen molar-refractivity contribution in [3.8, 4) is 5.75 Å². The molecule has 130 valence electrons. The molecule has 0 amide bonds. The van der Waals surface area contributed by atoms with Crippen molar-refractivity contribution in [1.82, 2.24) is 0 Å². The zero-order chi connectivity index (χ0) is 18.1. The fourth-order valence-corrected chi connectivity index (χ4v) is 2.70. The van der Waals surface area contributed by atoms with Crippen molar-refractivity contribution in [2.24, 2.45) is 0 Å². The summed E-state index contributed by atoms with van der Waals surface area (Å²) in [6.07, 6.45) is -5.77. The van der Waals surface area contributed by atoms with Gasteiger partial charge in [-0.25, -0.2) is 4.39 Å². The zero-order valence-electron chi connectivity index (χ0n) is 13.5. The van der Waals surface area contributed by atoms with E-state index in [-0.39, 0.29) is 16.9 Å². The average molecular weight is 342 g/mol. The topological polar surface area (TPSA) is 29.5 Å². The van der Waals surface area contributed by atoms with E-state index in [1.165, 1.54) is 31.4 Å². The molecule has 0 aliphatic carbocycles. The van der Waals surface area contributed by atoms with Gasteiger partial charge < -0.3 is 9.84 Å². The van der Waals surface area contributed by atoms with Crippen LogP contribution in [0, 0.1) is 19.7 Å². The van der Waals surface area contributed by atoms with Crippen LogP contribution in [0.2, 0.25) is 0 Å². The lowest BCUT2D eigenvalue weighted by Crippen LogP contribution is -2.44. The number of alkyl halides is 3. The summed E-state index contributed by atoms with van der Waals surface area (Å²) in [7, 11) is 1.23. The van der Waals surface area contributed by atoms with E-state index in [0.29, 0.717) is 11.1 Å². The first-order chi connectivity index (χ1) is 11.1. The van der Waals surface area contributed by atoms with Crippen LogP contribution >= 0.6 is 0 Å². The van der Waals surface area contributed by atoms with Crippen molar-refractivity contribution >= 4 is 0 Å². The van der Waals surface area contributed by atoms with Crippen molar-refractivity contribution in [2.45, 2.75) is 32.0 Å². The molecular weight excluding hydrogens is 324 g/mol. The maximum atomic E-state index is 13.7. The van der Waals surface area contributed by atoms with Crippen molar-refractivity contribution in [1.29, 1.82) is 0 Å². The van der Waals surface area contributed by atoms with E-state index >= 15 is 0 Å². The summed E-state index contributed by atoms with van der Waals surface area (Å²) in [5.74, 6) is -0.723. The molecule has 0 saturated carbocycles. The molecule has 2 rings (SSSR count). The van der Waals surface area contributed by atoms with Gasteiger partial charge in [-0.3, -0.25) is 0 Å². The Morgan fingerprint density at radius 2 is 1.67 bits per heavy atom. The van der Waals surface area contributed by atoms with E-state index in [9.17, 15) is 22.7 Å². The predicted octanol–water partition coefficient (Wildman–Crippen LogP) is 4.44. The summed E-state index contributed by atoms with van der Waals surface area (Å²) in [5, 5.41) is 10.6. The molecule has 0 saturated heterocycles. The Balaban J connectivity index is 2.61. The summed E-state index contributed by atoms with van der Waals surface area (Å²) in [4.78, 5) is 0. The first-order valence-electron chi connectivity index (χ1n) is 7.27. The first-order valence-corrected chi connectivity index (χ1v) is 7.27. The van der Waals surface area contributed by atoms with Gasteiger partial charge in [-0.15, -0.1) is 0 Å². The van der Waals surface area contributed by atoms with Gasteiger partial charge in [-0.1, -0.05) is 17.7 Å². The van der Waals surface area contributed by atoms with Crippen LogP contribution in [0.3, 0.4) is 0 Å². The van der Waals surface area contributed by atoms with Crippen LogP contribution in [0.25, 0.3) is 0 Å². The van der Waals surface area contributed by atoms with Gasteiger partial charge in [0, 0.05) is 12.0 Å². The Hall–Kier alpha value is -2.08.